The molecule has 3 rings (SSSR count). The number of methoxy groups -OCH3 is 3. The zero-order valence-electron chi connectivity index (χ0n) is 19.0. The molecule has 0 radical (unpaired) electrons. The summed E-state index contributed by atoms with van der Waals surface area (Å²) in [4.78, 5) is 26.1. The summed E-state index contributed by atoms with van der Waals surface area (Å²) < 4.78 is 16.0. The van der Waals surface area contributed by atoms with E-state index in [-0.39, 0.29) is 17.7 Å². The summed E-state index contributed by atoms with van der Waals surface area (Å²) in [6.07, 6.45) is 1.59. The van der Waals surface area contributed by atoms with Crippen LogP contribution in [0.4, 0.5) is 0 Å². The lowest BCUT2D eigenvalue weighted by Gasteiger charge is -2.44. The van der Waals surface area contributed by atoms with E-state index >= 15 is 0 Å². The van der Waals surface area contributed by atoms with Crippen LogP contribution in [0, 0.1) is 5.92 Å². The molecule has 0 saturated carbocycles. The van der Waals surface area contributed by atoms with Gasteiger partial charge in [-0.15, -0.1) is 0 Å². The molecular weight excluding hydrogens is 410 g/mol. The number of ether oxygens (including phenoxy) is 3. The zero-order chi connectivity index (χ0) is 23.4. The number of carbonyl (C=O) groups is 2. The Kier molecular flexibility index (Phi) is 7.20. The van der Waals surface area contributed by atoms with Gasteiger partial charge in [0.15, 0.2) is 17.3 Å². The minimum absolute atomic E-state index is 0.0323. The highest BCUT2D eigenvalue weighted by Gasteiger charge is 2.40. The minimum atomic E-state index is -0.735. The number of hydrogen-bond donors (Lipinski definition) is 1. The molecule has 2 unspecified atom stereocenters. The van der Waals surface area contributed by atoms with Crippen molar-refractivity contribution < 1.29 is 28.9 Å². The fourth-order valence-corrected chi connectivity index (χ4v) is 3.88. The largest absolute Gasteiger partial charge is 0.493 e. The number of likely N-dealkylation sites (tertiary alicyclic amines) is 1. The van der Waals surface area contributed by atoms with Crippen molar-refractivity contribution in [3.05, 3.63) is 59.2 Å². The number of nitrogens with zero attached hydrogens (tertiary/aromatic N) is 1. The number of carboxylic acids is 1. The van der Waals surface area contributed by atoms with Gasteiger partial charge in [0.1, 0.15) is 0 Å². The van der Waals surface area contributed by atoms with Gasteiger partial charge in [0.25, 0.3) is 0 Å². The molecule has 32 heavy (non-hydrogen) atoms. The van der Waals surface area contributed by atoms with Gasteiger partial charge in [-0.05, 0) is 48.8 Å². The van der Waals surface area contributed by atoms with Crippen LogP contribution in [0.25, 0.3) is 5.57 Å². The molecule has 1 N–H and O–H groups in total. The van der Waals surface area contributed by atoms with Gasteiger partial charge in [0.2, 0.25) is 5.75 Å². The van der Waals surface area contributed by atoms with Crippen molar-refractivity contribution in [1.29, 1.82) is 0 Å². The Hall–Kier alpha value is -3.32. The summed E-state index contributed by atoms with van der Waals surface area (Å²) >= 11 is 0. The van der Waals surface area contributed by atoms with E-state index in [0.29, 0.717) is 35.9 Å². The predicted molar refractivity (Wildman–Crippen MR) is 122 cm³/mol. The van der Waals surface area contributed by atoms with E-state index in [1.54, 1.807) is 18.2 Å². The highest BCUT2D eigenvalue weighted by Crippen LogP contribution is 2.38. The van der Waals surface area contributed by atoms with Crippen molar-refractivity contribution in [1.82, 2.24) is 4.90 Å². The SMILES string of the molecule is COc1cc(C(=O)C=C(C)c2ccc(CN3CC(C(=O)O)C3C)cc2)cc(OC)c1OC. The number of carbonyl (C=O) groups excluding carboxylic acids is 1. The number of ketones is 1. The molecule has 0 bridgehead atoms. The summed E-state index contributed by atoms with van der Waals surface area (Å²) in [7, 11) is 4.54. The topological polar surface area (TPSA) is 85.3 Å². The lowest BCUT2D eigenvalue weighted by molar-refractivity contribution is -0.152. The molecular formula is C25H29NO6. The Labute approximate surface area is 188 Å². The van der Waals surface area contributed by atoms with Gasteiger partial charge in [0, 0.05) is 24.7 Å². The monoisotopic (exact) mass is 439 g/mol. The normalized spacial score (nSPS) is 18.6. The molecule has 2 atom stereocenters. The van der Waals surface area contributed by atoms with Gasteiger partial charge in [-0.2, -0.15) is 0 Å². The molecule has 0 aliphatic carbocycles. The fourth-order valence-electron chi connectivity index (χ4n) is 3.88. The van der Waals surface area contributed by atoms with Crippen molar-refractivity contribution in [3.63, 3.8) is 0 Å². The van der Waals surface area contributed by atoms with Crippen LogP contribution < -0.4 is 14.2 Å². The molecule has 2 aromatic carbocycles. The Morgan fingerprint density at radius 1 is 1.03 bits per heavy atom. The average Bonchev–Trinajstić information content (AvgIpc) is 2.79. The van der Waals surface area contributed by atoms with Crippen molar-refractivity contribution in [2.24, 2.45) is 5.92 Å². The van der Waals surface area contributed by atoms with Gasteiger partial charge in [-0.1, -0.05) is 24.3 Å². The molecule has 2 aromatic rings. The van der Waals surface area contributed by atoms with Crippen LogP contribution >= 0.6 is 0 Å². The summed E-state index contributed by atoms with van der Waals surface area (Å²) in [6.45, 7) is 5.11. The third kappa shape index (κ3) is 4.78. The number of rotatable bonds is 9. The maximum atomic E-state index is 12.9. The highest BCUT2D eigenvalue weighted by molar-refractivity contribution is 6.09. The molecule has 0 spiro atoms. The van der Waals surface area contributed by atoms with Gasteiger partial charge >= 0.3 is 5.97 Å². The molecule has 7 nitrogen and oxygen atoms in total. The molecule has 1 aliphatic heterocycles. The molecule has 1 heterocycles. The van der Waals surface area contributed by atoms with Crippen molar-refractivity contribution in [2.75, 3.05) is 27.9 Å². The summed E-state index contributed by atoms with van der Waals surface area (Å²) in [5.74, 6) is 0.100. The van der Waals surface area contributed by atoms with Crippen molar-refractivity contribution in [3.8, 4) is 17.2 Å². The number of benzene rings is 2. The van der Waals surface area contributed by atoms with Crippen molar-refractivity contribution in [2.45, 2.75) is 26.4 Å². The Morgan fingerprint density at radius 3 is 2.09 bits per heavy atom. The van der Waals surface area contributed by atoms with E-state index in [2.05, 4.69) is 4.90 Å². The average molecular weight is 440 g/mol. The smallest absolute Gasteiger partial charge is 0.309 e. The van der Waals surface area contributed by atoms with E-state index in [1.807, 2.05) is 38.1 Å². The number of hydrogen-bond acceptors (Lipinski definition) is 6. The second-order valence-corrected chi connectivity index (χ2v) is 7.92. The lowest BCUT2D eigenvalue weighted by Crippen LogP contribution is -2.56. The van der Waals surface area contributed by atoms with Crippen LogP contribution in [-0.2, 0) is 11.3 Å². The van der Waals surface area contributed by atoms with Crippen LogP contribution in [0.5, 0.6) is 17.2 Å². The van der Waals surface area contributed by atoms with Gasteiger partial charge < -0.3 is 19.3 Å². The third-order valence-corrected chi connectivity index (χ3v) is 6.00. The van der Waals surface area contributed by atoms with Crippen LogP contribution in [-0.4, -0.2) is 55.7 Å². The van der Waals surface area contributed by atoms with Crippen LogP contribution in [0.15, 0.2) is 42.5 Å². The second kappa shape index (κ2) is 9.87. The Morgan fingerprint density at radius 2 is 1.62 bits per heavy atom. The van der Waals surface area contributed by atoms with E-state index in [0.717, 1.165) is 16.7 Å². The highest BCUT2D eigenvalue weighted by atomic mass is 16.5. The first-order valence-electron chi connectivity index (χ1n) is 10.4. The summed E-state index contributed by atoms with van der Waals surface area (Å²) in [6, 6.07) is 11.3. The predicted octanol–water partition coefficient (Wildman–Crippen LogP) is 3.90. The number of carboxylic acid groups (broad SMARTS) is 1. The van der Waals surface area contributed by atoms with E-state index in [9.17, 15) is 9.59 Å². The molecule has 170 valence electrons. The van der Waals surface area contributed by atoms with Crippen molar-refractivity contribution >= 4 is 17.3 Å². The zero-order valence-corrected chi connectivity index (χ0v) is 19.0. The van der Waals surface area contributed by atoms with E-state index < -0.39 is 5.97 Å². The summed E-state index contributed by atoms with van der Waals surface area (Å²) in [5.41, 5.74) is 3.32. The first-order chi connectivity index (χ1) is 15.3. The molecule has 0 aromatic heterocycles. The molecule has 1 aliphatic rings. The standard InChI is InChI=1S/C25H29NO6/c1-15(10-21(27)19-11-22(30-3)24(32-5)23(12-19)31-4)18-8-6-17(7-9-18)13-26-14-20(16(26)2)25(28)29/h6-12,16,20H,13-14H2,1-5H3,(H,28,29). The Balaban J connectivity index is 1.72. The second-order valence-electron chi connectivity index (χ2n) is 7.92. The maximum absolute atomic E-state index is 12.9. The molecule has 1 saturated heterocycles. The maximum Gasteiger partial charge on any atom is 0.309 e. The fraction of sp³-hybridized carbons (Fsp3) is 0.360. The Bertz CT molecular complexity index is 1000. The molecule has 0 amide bonds. The minimum Gasteiger partial charge on any atom is -0.493 e. The first kappa shape index (κ1) is 23.3. The quantitative estimate of drug-likeness (QED) is 0.468. The van der Waals surface area contributed by atoms with Gasteiger partial charge in [-0.3, -0.25) is 14.5 Å². The molecule has 7 heteroatoms. The number of aliphatic carboxylic acids is 1. The van der Waals surface area contributed by atoms with Crippen LogP contribution in [0.2, 0.25) is 0 Å². The summed E-state index contributed by atoms with van der Waals surface area (Å²) in [5, 5.41) is 9.14. The molecule has 1 fully saturated rings. The first-order valence-corrected chi connectivity index (χ1v) is 10.4. The van der Waals surface area contributed by atoms with E-state index in [4.69, 9.17) is 19.3 Å². The van der Waals surface area contributed by atoms with Gasteiger partial charge in [0.05, 0.1) is 27.2 Å². The van der Waals surface area contributed by atoms with Crippen LogP contribution in [0.3, 0.4) is 0 Å². The van der Waals surface area contributed by atoms with E-state index in [1.165, 1.54) is 21.3 Å². The van der Waals surface area contributed by atoms with Gasteiger partial charge in [-0.25, -0.2) is 0 Å². The lowest BCUT2D eigenvalue weighted by atomic mass is 9.89. The third-order valence-electron chi connectivity index (χ3n) is 6.00. The van der Waals surface area contributed by atoms with Crippen LogP contribution in [0.1, 0.15) is 35.3 Å². The number of allylic oxidation sites excluding steroid dienone is 2.